The van der Waals surface area contributed by atoms with E-state index in [9.17, 15) is 4.57 Å². The van der Waals surface area contributed by atoms with Crippen molar-refractivity contribution in [2.75, 3.05) is 17.7 Å². The first kappa shape index (κ1) is 17.4. The Labute approximate surface area is 129 Å². The third-order valence-corrected chi connectivity index (χ3v) is 6.69. The predicted molar refractivity (Wildman–Crippen MR) is 90.1 cm³/mol. The van der Waals surface area contributed by atoms with Crippen LogP contribution in [0.15, 0.2) is 24.4 Å². The van der Waals surface area contributed by atoms with Crippen LogP contribution in [-0.2, 0) is 9.09 Å². The number of anilines is 1. The molecule has 1 aromatic heterocycles. The van der Waals surface area contributed by atoms with Crippen LogP contribution >= 0.6 is 30.3 Å². The maximum atomic E-state index is 12.6. The smallest absolute Gasteiger partial charge is 0.317 e. The molecule has 0 radical (unpaired) electrons. The Morgan fingerprint density at radius 3 is 2.85 bits per heavy atom. The summed E-state index contributed by atoms with van der Waals surface area (Å²) in [6.07, 6.45) is 1.65. The monoisotopic (exact) mass is 333 g/mol. The Hall–Kier alpha value is -0.620. The quantitative estimate of drug-likeness (QED) is 0.579. The first-order chi connectivity index (χ1) is 9.45. The fourth-order valence-electron chi connectivity index (χ4n) is 1.22. The average molecular weight is 333 g/mol. The van der Waals surface area contributed by atoms with E-state index in [0.29, 0.717) is 18.3 Å². The molecule has 2 N–H and O–H groups in total. The first-order valence-corrected chi connectivity index (χ1v) is 9.97. The van der Waals surface area contributed by atoms with Crippen LogP contribution in [0.5, 0.6) is 0 Å². The van der Waals surface area contributed by atoms with Gasteiger partial charge in [-0.25, -0.2) is 4.98 Å². The van der Waals surface area contributed by atoms with Crippen LogP contribution in [0, 0.1) is 5.92 Å². The van der Waals surface area contributed by atoms with E-state index in [4.69, 9.17) is 16.7 Å². The summed E-state index contributed by atoms with van der Waals surface area (Å²) >= 11 is 6.42. The van der Waals surface area contributed by atoms with Gasteiger partial charge >= 0.3 is 6.72 Å². The lowest BCUT2D eigenvalue weighted by Gasteiger charge is -2.20. The van der Waals surface area contributed by atoms with Gasteiger partial charge in [-0.05, 0) is 48.6 Å². The Morgan fingerprint density at radius 1 is 1.55 bits per heavy atom. The zero-order valence-corrected chi connectivity index (χ0v) is 14.4. The number of hydrogen-bond acceptors (Lipinski definition) is 5. The molecule has 1 atom stereocenters. The van der Waals surface area contributed by atoms with Crippen molar-refractivity contribution in [3.8, 4) is 0 Å². The molecule has 0 aromatic carbocycles. The molecule has 1 rings (SSSR count). The highest BCUT2D eigenvalue weighted by Crippen LogP contribution is 2.56. The summed E-state index contributed by atoms with van der Waals surface area (Å²) < 4.78 is 17.9. The fraction of sp³-hybridized carbons (Fsp3) is 0.500. The lowest BCUT2D eigenvalue weighted by atomic mass is 10.3. The highest BCUT2D eigenvalue weighted by Gasteiger charge is 2.25. The number of nitrogens with one attached hydrogen (secondary N) is 2. The third-order valence-electron chi connectivity index (χ3n) is 2.02. The summed E-state index contributed by atoms with van der Waals surface area (Å²) in [5, 5.41) is 5.91. The maximum absolute atomic E-state index is 12.6. The minimum atomic E-state index is -3.03. The van der Waals surface area contributed by atoms with E-state index in [-0.39, 0.29) is 5.11 Å². The molecule has 1 unspecified atom stereocenters. The predicted octanol–water partition coefficient (Wildman–Crippen LogP) is 3.90. The largest absolute Gasteiger partial charge is 0.352 e. The molecular weight excluding hydrogens is 313 g/mol. The lowest BCUT2D eigenvalue weighted by Crippen LogP contribution is -2.26. The highest BCUT2D eigenvalue weighted by atomic mass is 32.7. The second-order valence-electron chi connectivity index (χ2n) is 4.39. The molecule has 112 valence electrons. The van der Waals surface area contributed by atoms with E-state index in [1.54, 1.807) is 19.2 Å². The summed E-state index contributed by atoms with van der Waals surface area (Å²) in [5.74, 6) is 1.76. The van der Waals surface area contributed by atoms with Gasteiger partial charge in [-0.3, -0.25) is 9.65 Å². The normalized spacial score (nSPS) is 13.8. The summed E-state index contributed by atoms with van der Waals surface area (Å²) in [7, 11) is 0. The van der Waals surface area contributed by atoms with E-state index >= 15 is 0 Å². The number of rotatable bonds is 7. The van der Waals surface area contributed by atoms with Crippen LogP contribution in [0.25, 0.3) is 0 Å². The number of aromatic nitrogens is 1. The molecule has 0 bridgehead atoms. The third kappa shape index (κ3) is 6.70. The Bertz CT molecular complexity index is 471. The van der Waals surface area contributed by atoms with E-state index in [0.717, 1.165) is 5.75 Å². The second kappa shape index (κ2) is 8.62. The molecule has 5 nitrogen and oxygen atoms in total. The molecule has 0 amide bonds. The van der Waals surface area contributed by atoms with Crippen molar-refractivity contribution < 1.29 is 9.09 Å². The van der Waals surface area contributed by atoms with Gasteiger partial charge in [-0.15, -0.1) is 0 Å². The summed E-state index contributed by atoms with van der Waals surface area (Å²) in [6, 6.07) is 5.43. The van der Waals surface area contributed by atoms with E-state index in [1.165, 1.54) is 11.4 Å². The molecule has 0 fully saturated rings. The minimum Gasteiger partial charge on any atom is -0.317 e. The molecule has 20 heavy (non-hydrogen) atoms. The Morgan fingerprint density at radius 2 is 2.30 bits per heavy atom. The van der Waals surface area contributed by atoms with Gasteiger partial charge in [0.1, 0.15) is 5.82 Å². The molecule has 0 aliphatic rings. The van der Waals surface area contributed by atoms with Gasteiger partial charge in [-0.2, -0.15) is 0 Å². The van der Waals surface area contributed by atoms with Crippen molar-refractivity contribution in [1.29, 1.82) is 0 Å². The summed E-state index contributed by atoms with van der Waals surface area (Å²) in [6.45, 7) is 3.26. The molecule has 1 heterocycles. The molecule has 8 heteroatoms. The standard InChI is InChI=1S/C12H20N3O2PS2/c1-4-17-18(16,20-9-10(2)3)15-12(19)14-11-7-5-6-8-13-11/h5-8,10H,4,9H2,1-3H3,(H2,13,14,15,16,19). The Kier molecular flexibility index (Phi) is 7.51. The SMILES string of the molecule is CCOP(=O)(NC(=S)Nc1ccccn1)SCC(C)C. The lowest BCUT2D eigenvalue weighted by molar-refractivity contribution is 0.343. The maximum Gasteiger partial charge on any atom is 0.352 e. The zero-order chi connectivity index (χ0) is 15.0. The summed E-state index contributed by atoms with van der Waals surface area (Å²) in [5.41, 5.74) is 0. The average Bonchev–Trinajstić information content (AvgIpc) is 2.37. The first-order valence-electron chi connectivity index (χ1n) is 6.34. The van der Waals surface area contributed by atoms with Crippen molar-refractivity contribution in [3.63, 3.8) is 0 Å². The zero-order valence-electron chi connectivity index (χ0n) is 11.8. The van der Waals surface area contributed by atoms with Crippen LogP contribution in [0.4, 0.5) is 5.82 Å². The topological polar surface area (TPSA) is 63.2 Å². The summed E-state index contributed by atoms with van der Waals surface area (Å²) in [4.78, 5) is 4.09. The number of hydrogen-bond donors (Lipinski definition) is 2. The van der Waals surface area contributed by atoms with Gasteiger partial charge in [0.2, 0.25) is 0 Å². The molecule has 1 aromatic rings. The van der Waals surface area contributed by atoms with Crippen molar-refractivity contribution in [2.24, 2.45) is 5.92 Å². The van der Waals surface area contributed by atoms with Crippen molar-refractivity contribution in [1.82, 2.24) is 10.1 Å². The van der Waals surface area contributed by atoms with Gasteiger partial charge in [0, 0.05) is 11.9 Å². The van der Waals surface area contributed by atoms with Crippen molar-refractivity contribution in [3.05, 3.63) is 24.4 Å². The molecule has 0 spiro atoms. The van der Waals surface area contributed by atoms with Crippen LogP contribution in [0.1, 0.15) is 20.8 Å². The van der Waals surface area contributed by atoms with E-state index < -0.39 is 6.72 Å². The van der Waals surface area contributed by atoms with Gasteiger partial charge in [0.15, 0.2) is 5.11 Å². The second-order valence-corrected chi connectivity index (χ2v) is 9.08. The van der Waals surface area contributed by atoms with E-state index in [2.05, 4.69) is 29.2 Å². The van der Waals surface area contributed by atoms with E-state index in [1.807, 2.05) is 12.1 Å². The van der Waals surface area contributed by atoms with Gasteiger partial charge < -0.3 is 9.84 Å². The Balaban J connectivity index is 2.60. The molecule has 0 saturated heterocycles. The number of thiocarbonyl (C=S) groups is 1. The highest BCUT2D eigenvalue weighted by molar-refractivity contribution is 8.56. The molecule has 0 saturated carbocycles. The number of pyridine rings is 1. The molecule has 0 aliphatic carbocycles. The van der Waals surface area contributed by atoms with Crippen molar-refractivity contribution >= 4 is 41.3 Å². The minimum absolute atomic E-state index is 0.247. The van der Waals surface area contributed by atoms with Gasteiger partial charge in [0.05, 0.1) is 6.61 Å². The van der Waals surface area contributed by atoms with Crippen molar-refractivity contribution in [2.45, 2.75) is 20.8 Å². The number of nitrogens with zero attached hydrogens (tertiary/aromatic N) is 1. The van der Waals surface area contributed by atoms with Crippen LogP contribution in [0.2, 0.25) is 0 Å². The molecular formula is C12H20N3O2PS2. The van der Waals surface area contributed by atoms with Crippen LogP contribution in [-0.4, -0.2) is 22.5 Å². The van der Waals surface area contributed by atoms with Gasteiger partial charge in [0.25, 0.3) is 0 Å². The molecule has 0 aliphatic heterocycles. The fourth-order valence-corrected chi connectivity index (χ4v) is 5.70. The van der Waals surface area contributed by atoms with Gasteiger partial charge in [-0.1, -0.05) is 19.9 Å². The van der Waals surface area contributed by atoms with Crippen LogP contribution < -0.4 is 10.4 Å². The van der Waals surface area contributed by atoms with Crippen LogP contribution in [0.3, 0.4) is 0 Å².